The monoisotopic (exact) mass is 379 g/mol. The molecule has 8 heteroatoms. The Morgan fingerprint density at radius 2 is 1.85 bits per heavy atom. The third-order valence-electron chi connectivity index (χ3n) is 3.15. The van der Waals surface area contributed by atoms with Crippen molar-refractivity contribution in [3.63, 3.8) is 0 Å². The molecule has 144 valence electrons. The summed E-state index contributed by atoms with van der Waals surface area (Å²) in [7, 11) is 0. The minimum atomic E-state index is -4.42. The summed E-state index contributed by atoms with van der Waals surface area (Å²) >= 11 is 0. The summed E-state index contributed by atoms with van der Waals surface area (Å²) < 4.78 is 43.5. The first-order chi connectivity index (χ1) is 12.5. The molecule has 0 aliphatic heterocycles. The molecule has 0 saturated heterocycles. The topological polar surface area (TPSA) is 63.2 Å². The van der Waals surface area contributed by atoms with Gasteiger partial charge in [-0.1, -0.05) is 6.07 Å². The molecule has 2 rings (SSSR count). The fraction of sp³-hybridized carbons (Fsp3) is 0.263. The second kappa shape index (κ2) is 8.11. The Morgan fingerprint density at radius 1 is 1.11 bits per heavy atom. The minimum absolute atomic E-state index is 0.232. The van der Waals surface area contributed by atoms with E-state index in [9.17, 15) is 18.0 Å². The van der Waals surface area contributed by atoms with Crippen LogP contribution in [0.25, 0.3) is 6.08 Å². The van der Waals surface area contributed by atoms with E-state index < -0.39 is 23.3 Å². The van der Waals surface area contributed by atoms with Crippen molar-refractivity contribution in [1.82, 2.24) is 4.98 Å². The van der Waals surface area contributed by atoms with Crippen molar-refractivity contribution >= 4 is 23.4 Å². The van der Waals surface area contributed by atoms with Gasteiger partial charge < -0.3 is 10.2 Å². The van der Waals surface area contributed by atoms with Crippen LogP contribution in [0.3, 0.4) is 0 Å². The van der Waals surface area contributed by atoms with Gasteiger partial charge in [0.25, 0.3) is 0 Å². The number of nitrogens with zero attached hydrogens (tertiary/aromatic N) is 1. The van der Waals surface area contributed by atoms with Crippen LogP contribution >= 0.6 is 0 Å². The molecule has 0 amide bonds. The van der Waals surface area contributed by atoms with Gasteiger partial charge in [-0.15, -0.1) is 0 Å². The quantitative estimate of drug-likeness (QED) is 0.440. The van der Waals surface area contributed by atoms with Crippen molar-refractivity contribution in [3.8, 4) is 0 Å². The van der Waals surface area contributed by atoms with Gasteiger partial charge in [0.1, 0.15) is 5.60 Å². The van der Waals surface area contributed by atoms with E-state index in [-0.39, 0.29) is 5.69 Å². The number of carbonyl (C=O) groups is 1. The number of pyridine rings is 1. The van der Waals surface area contributed by atoms with Crippen LogP contribution in [0.15, 0.2) is 48.7 Å². The van der Waals surface area contributed by atoms with Crippen molar-refractivity contribution in [2.24, 2.45) is 0 Å². The highest BCUT2D eigenvalue weighted by atomic mass is 19.4. The highest BCUT2D eigenvalue weighted by molar-refractivity contribution is 5.88. The van der Waals surface area contributed by atoms with Gasteiger partial charge in [0.05, 0.1) is 22.6 Å². The Morgan fingerprint density at radius 3 is 2.52 bits per heavy atom. The lowest BCUT2D eigenvalue weighted by Gasteiger charge is -2.18. The molecule has 0 radical (unpaired) electrons. The van der Waals surface area contributed by atoms with Crippen LogP contribution in [0.2, 0.25) is 0 Å². The number of rotatable bonds is 5. The first-order valence-electron chi connectivity index (χ1n) is 8.10. The lowest BCUT2D eigenvalue weighted by atomic mass is 10.2. The lowest BCUT2D eigenvalue weighted by Crippen LogP contribution is -2.22. The van der Waals surface area contributed by atoms with Gasteiger partial charge >= 0.3 is 12.1 Å². The maximum Gasteiger partial charge on any atom is 0.416 e. The van der Waals surface area contributed by atoms with Crippen molar-refractivity contribution < 1.29 is 22.7 Å². The molecular formula is C19H20F3N3O2. The number of alkyl halides is 3. The largest absolute Gasteiger partial charge is 0.457 e. The average molecular weight is 379 g/mol. The number of hydrogen-bond donors (Lipinski definition) is 2. The molecule has 0 spiro atoms. The van der Waals surface area contributed by atoms with Gasteiger partial charge in [-0.3, -0.25) is 10.4 Å². The number of ether oxygens (including phenoxy) is 1. The maximum atomic E-state index is 12.8. The zero-order valence-electron chi connectivity index (χ0n) is 15.1. The summed E-state index contributed by atoms with van der Waals surface area (Å²) in [5.74, 6) is -0.523. The normalized spacial score (nSPS) is 12.1. The predicted octanol–water partition coefficient (Wildman–Crippen LogP) is 4.89. The Labute approximate surface area is 155 Å². The molecule has 1 heterocycles. The third-order valence-corrected chi connectivity index (χ3v) is 3.15. The molecule has 0 unspecified atom stereocenters. The van der Waals surface area contributed by atoms with E-state index in [2.05, 4.69) is 15.8 Å². The number of halogens is 3. The van der Waals surface area contributed by atoms with Crippen molar-refractivity contribution in [2.45, 2.75) is 32.5 Å². The van der Waals surface area contributed by atoms with Crippen LogP contribution < -0.4 is 10.9 Å². The fourth-order valence-electron chi connectivity index (χ4n) is 2.05. The molecule has 0 fully saturated rings. The van der Waals surface area contributed by atoms with E-state index in [1.807, 2.05) is 0 Å². The molecule has 0 aliphatic carbocycles. The second-order valence-corrected chi connectivity index (χ2v) is 6.63. The molecule has 27 heavy (non-hydrogen) atoms. The van der Waals surface area contributed by atoms with Gasteiger partial charge in [0.2, 0.25) is 0 Å². The van der Waals surface area contributed by atoms with Crippen molar-refractivity contribution in [2.75, 3.05) is 10.9 Å². The summed E-state index contributed by atoms with van der Waals surface area (Å²) in [4.78, 5) is 15.9. The van der Waals surface area contributed by atoms with Gasteiger partial charge in [-0.05, 0) is 57.2 Å². The molecule has 0 bridgehead atoms. The zero-order chi connectivity index (χ0) is 20.1. The molecule has 1 aromatic heterocycles. The summed E-state index contributed by atoms with van der Waals surface area (Å²) in [6, 6.07) is 8.10. The van der Waals surface area contributed by atoms with Gasteiger partial charge in [0, 0.05) is 12.3 Å². The number of aromatic nitrogens is 1. The molecule has 5 nitrogen and oxygen atoms in total. The van der Waals surface area contributed by atoms with E-state index in [1.54, 1.807) is 32.9 Å². The Hall–Kier alpha value is -3.03. The minimum Gasteiger partial charge on any atom is -0.457 e. The van der Waals surface area contributed by atoms with Crippen LogP contribution in [0.1, 0.15) is 32.0 Å². The summed E-state index contributed by atoms with van der Waals surface area (Å²) in [5.41, 5.74) is 5.26. The van der Waals surface area contributed by atoms with Gasteiger partial charge in [0.15, 0.2) is 0 Å². The summed E-state index contributed by atoms with van der Waals surface area (Å²) in [6.45, 7) is 5.27. The van der Waals surface area contributed by atoms with Crippen LogP contribution in [0.5, 0.6) is 0 Å². The number of benzene rings is 1. The van der Waals surface area contributed by atoms with Crippen LogP contribution in [0.4, 0.5) is 24.5 Å². The van der Waals surface area contributed by atoms with E-state index >= 15 is 0 Å². The van der Waals surface area contributed by atoms with E-state index in [0.717, 1.165) is 12.1 Å². The van der Waals surface area contributed by atoms with E-state index in [4.69, 9.17) is 4.74 Å². The SMILES string of the molecule is CC(C)(C)OC(=O)/C=C/c1ncccc1NNc1cccc(C(F)(F)F)c1. The lowest BCUT2D eigenvalue weighted by molar-refractivity contribution is -0.148. The number of nitrogens with one attached hydrogen (secondary N) is 2. The number of hydrogen-bond acceptors (Lipinski definition) is 5. The molecule has 1 aromatic carbocycles. The number of anilines is 2. The zero-order valence-corrected chi connectivity index (χ0v) is 15.1. The predicted molar refractivity (Wildman–Crippen MR) is 97.8 cm³/mol. The maximum absolute atomic E-state index is 12.8. The smallest absolute Gasteiger partial charge is 0.416 e. The number of hydrazine groups is 1. The molecule has 2 aromatic rings. The number of carbonyl (C=O) groups excluding carboxylic acids is 1. The van der Waals surface area contributed by atoms with Crippen LogP contribution in [-0.4, -0.2) is 16.6 Å². The van der Waals surface area contributed by atoms with E-state index in [1.165, 1.54) is 30.5 Å². The Balaban J connectivity index is 2.09. The highest BCUT2D eigenvalue weighted by Crippen LogP contribution is 2.30. The first kappa shape index (κ1) is 20.3. The van der Waals surface area contributed by atoms with Crippen LogP contribution in [-0.2, 0) is 15.7 Å². The van der Waals surface area contributed by atoms with Crippen molar-refractivity contribution in [3.05, 3.63) is 59.9 Å². The average Bonchev–Trinajstić information content (AvgIpc) is 2.57. The molecule has 0 saturated carbocycles. The van der Waals surface area contributed by atoms with Gasteiger partial charge in [-0.25, -0.2) is 4.79 Å². The summed E-state index contributed by atoms with van der Waals surface area (Å²) in [6.07, 6.45) is -0.190. The molecule has 0 aliphatic rings. The number of esters is 1. The molecular weight excluding hydrogens is 359 g/mol. The second-order valence-electron chi connectivity index (χ2n) is 6.63. The Bertz CT molecular complexity index is 827. The highest BCUT2D eigenvalue weighted by Gasteiger charge is 2.30. The van der Waals surface area contributed by atoms with Crippen LogP contribution in [0, 0.1) is 0 Å². The third kappa shape index (κ3) is 6.65. The fourth-order valence-corrected chi connectivity index (χ4v) is 2.05. The van der Waals surface area contributed by atoms with E-state index in [0.29, 0.717) is 11.4 Å². The molecule has 2 N–H and O–H groups in total. The van der Waals surface area contributed by atoms with Crippen molar-refractivity contribution in [1.29, 1.82) is 0 Å². The van der Waals surface area contributed by atoms with Gasteiger partial charge in [-0.2, -0.15) is 13.2 Å². The molecule has 0 atom stereocenters. The summed E-state index contributed by atoms with van der Waals surface area (Å²) in [5, 5.41) is 0. The Kier molecular flexibility index (Phi) is 6.09. The standard InChI is InChI=1S/C19H20F3N3O2/c1-18(2,3)27-17(26)10-9-15-16(8-5-11-23-15)25-24-14-7-4-6-13(12-14)19(20,21)22/h4-12,24-25H,1-3H3/b10-9+. The first-order valence-corrected chi connectivity index (χ1v) is 8.10.